The van der Waals surface area contributed by atoms with Crippen LogP contribution in [0.4, 0.5) is 0 Å². The Morgan fingerprint density at radius 1 is 0.660 bits per heavy atom. The first-order chi connectivity index (χ1) is 22.4. The molecule has 13 heteroatoms. The second kappa shape index (κ2) is 20.3. The molecule has 0 radical (unpaired) electrons. The molecule has 258 valence electrons. The highest BCUT2D eigenvalue weighted by molar-refractivity contribution is 6.30. The largest absolute Gasteiger partial charge is 0.480 e. The van der Waals surface area contributed by atoms with Crippen molar-refractivity contribution in [3.05, 3.63) is 59.1 Å². The van der Waals surface area contributed by atoms with Gasteiger partial charge in [-0.2, -0.15) is 0 Å². The summed E-state index contributed by atoms with van der Waals surface area (Å²) in [5.41, 5.74) is 13.5. The van der Waals surface area contributed by atoms with E-state index in [1.54, 1.807) is 36.4 Å². The summed E-state index contributed by atoms with van der Waals surface area (Å²) in [7, 11) is 0. The Kier molecular flexibility index (Phi) is 16.9. The number of carbonyl (C=O) groups excluding carboxylic acids is 4. The molecule has 0 heterocycles. The summed E-state index contributed by atoms with van der Waals surface area (Å²) in [6.45, 7) is 5.92. The van der Waals surface area contributed by atoms with Gasteiger partial charge in [0.1, 0.15) is 24.2 Å². The van der Waals surface area contributed by atoms with Crippen LogP contribution in [0.2, 0.25) is 5.02 Å². The van der Waals surface area contributed by atoms with Gasteiger partial charge < -0.3 is 37.8 Å². The van der Waals surface area contributed by atoms with Crippen LogP contribution in [0.3, 0.4) is 0 Å². The van der Waals surface area contributed by atoms with Crippen LogP contribution in [0.5, 0.6) is 0 Å². The van der Waals surface area contributed by atoms with E-state index in [-0.39, 0.29) is 18.8 Å². The van der Waals surface area contributed by atoms with Crippen molar-refractivity contribution in [2.24, 2.45) is 17.4 Å². The van der Waals surface area contributed by atoms with Gasteiger partial charge in [-0.25, -0.2) is 4.79 Å². The van der Waals surface area contributed by atoms with Crippen molar-refractivity contribution >= 4 is 41.2 Å². The Hall–Kier alpha value is -4.00. The van der Waals surface area contributed by atoms with Gasteiger partial charge in [0.2, 0.25) is 17.7 Å². The smallest absolute Gasteiger partial charge is 0.326 e. The van der Waals surface area contributed by atoms with Gasteiger partial charge in [0.05, 0.1) is 0 Å². The molecule has 0 aliphatic carbocycles. The van der Waals surface area contributed by atoms with E-state index in [9.17, 15) is 29.1 Å². The summed E-state index contributed by atoms with van der Waals surface area (Å²) < 4.78 is 0. The van der Waals surface area contributed by atoms with Gasteiger partial charge in [0.25, 0.3) is 5.91 Å². The second-order valence-electron chi connectivity index (χ2n) is 12.0. The lowest BCUT2D eigenvalue weighted by atomic mass is 10.0. The number of nitrogens with one attached hydrogen (secondary N) is 4. The van der Waals surface area contributed by atoms with Gasteiger partial charge in [0.15, 0.2) is 0 Å². The predicted molar refractivity (Wildman–Crippen MR) is 183 cm³/mol. The molecule has 0 fully saturated rings. The molecule has 1 unspecified atom stereocenters. The highest BCUT2D eigenvalue weighted by Gasteiger charge is 2.30. The van der Waals surface area contributed by atoms with Gasteiger partial charge in [-0.05, 0) is 106 Å². The lowest BCUT2D eigenvalue weighted by molar-refractivity contribution is -0.142. The molecule has 4 atom stereocenters. The Morgan fingerprint density at radius 2 is 1.13 bits per heavy atom. The summed E-state index contributed by atoms with van der Waals surface area (Å²) in [5.74, 6) is -3.43. The molecule has 2 aromatic rings. The van der Waals surface area contributed by atoms with E-state index < -0.39 is 53.8 Å². The van der Waals surface area contributed by atoms with E-state index in [1.165, 1.54) is 6.92 Å². The third kappa shape index (κ3) is 13.7. The average molecular weight is 673 g/mol. The molecule has 0 saturated carbocycles. The van der Waals surface area contributed by atoms with Crippen molar-refractivity contribution in [3.63, 3.8) is 0 Å². The second-order valence-corrected chi connectivity index (χ2v) is 12.4. The van der Waals surface area contributed by atoms with Crippen molar-refractivity contribution in [3.8, 4) is 11.1 Å². The first-order valence-corrected chi connectivity index (χ1v) is 16.4. The Balaban J connectivity index is 2.15. The molecule has 47 heavy (non-hydrogen) atoms. The highest BCUT2D eigenvalue weighted by Crippen LogP contribution is 2.22. The molecule has 9 N–H and O–H groups in total. The monoisotopic (exact) mass is 672 g/mol. The molecule has 0 aliphatic rings. The maximum absolute atomic E-state index is 13.5. The maximum Gasteiger partial charge on any atom is 0.326 e. The number of carboxylic acid groups (broad SMARTS) is 1. The zero-order valence-corrected chi connectivity index (χ0v) is 28.1. The fraction of sp³-hybridized carbons (Fsp3) is 0.500. The quantitative estimate of drug-likeness (QED) is 0.104. The Labute approximate surface area is 281 Å². The number of rotatable bonds is 20. The summed E-state index contributed by atoms with van der Waals surface area (Å²) in [6, 6.07) is 10.1. The van der Waals surface area contributed by atoms with Gasteiger partial charge in [-0.3, -0.25) is 19.2 Å². The van der Waals surface area contributed by atoms with Crippen LogP contribution in [-0.4, -0.2) is 72.0 Å². The number of hydrogen-bond acceptors (Lipinski definition) is 7. The van der Waals surface area contributed by atoms with E-state index >= 15 is 0 Å². The molecule has 0 saturated heterocycles. The minimum Gasteiger partial charge on any atom is -0.480 e. The molecule has 0 aromatic heterocycles. The number of nitrogens with two attached hydrogens (primary N) is 2. The number of halogens is 1. The summed E-state index contributed by atoms with van der Waals surface area (Å²) in [4.78, 5) is 64.4. The molecular weight excluding hydrogens is 624 g/mol. The SMILES string of the molecule is CC(C)CC(NC(=O)[C@H](C)NC(=O)[C@H](CCCCN)NC(=O)[C@H](CCCCN)NC(=O)c1ccc(-c2ccc(Cl)cc2)cc1)C(=O)O. The van der Waals surface area contributed by atoms with E-state index in [0.717, 1.165) is 11.1 Å². The summed E-state index contributed by atoms with van der Waals surface area (Å²) in [5, 5.41) is 20.7. The predicted octanol–water partition coefficient (Wildman–Crippen LogP) is 2.97. The van der Waals surface area contributed by atoms with E-state index in [2.05, 4.69) is 21.3 Å². The van der Waals surface area contributed by atoms with E-state index in [1.807, 2.05) is 26.0 Å². The maximum atomic E-state index is 13.5. The fourth-order valence-electron chi connectivity index (χ4n) is 4.86. The zero-order chi connectivity index (χ0) is 34.9. The van der Waals surface area contributed by atoms with Crippen LogP contribution in [0.1, 0.15) is 76.1 Å². The van der Waals surface area contributed by atoms with Crippen LogP contribution in [0, 0.1) is 5.92 Å². The van der Waals surface area contributed by atoms with Crippen LogP contribution >= 0.6 is 11.6 Å². The lowest BCUT2D eigenvalue weighted by Gasteiger charge is -2.25. The standard InChI is InChI=1S/C34H49ClN6O6/c1-21(2)20-29(34(46)47)41-30(42)22(3)38-32(44)27(8-4-6-18-36)40-33(45)28(9-5-7-19-37)39-31(43)25-12-10-23(11-13-25)24-14-16-26(35)17-15-24/h10-17,21-22,27-29H,4-9,18-20,36-37H2,1-3H3,(H,38,44)(H,39,43)(H,40,45)(H,41,42)(H,46,47)/t22-,27-,28-,29?/m0/s1. The highest BCUT2D eigenvalue weighted by atomic mass is 35.5. The molecule has 12 nitrogen and oxygen atoms in total. The molecule has 0 aliphatic heterocycles. The number of unbranched alkanes of at least 4 members (excludes halogenated alkanes) is 2. The van der Waals surface area contributed by atoms with Crippen LogP contribution in [0.15, 0.2) is 48.5 Å². The molecule has 0 bridgehead atoms. The first kappa shape index (κ1) is 39.2. The fourth-order valence-corrected chi connectivity index (χ4v) is 4.99. The number of carbonyl (C=O) groups is 5. The van der Waals surface area contributed by atoms with Crippen LogP contribution in [-0.2, 0) is 19.2 Å². The Bertz CT molecular complexity index is 1320. The van der Waals surface area contributed by atoms with Gasteiger partial charge in [-0.1, -0.05) is 49.7 Å². The van der Waals surface area contributed by atoms with Crippen LogP contribution in [0.25, 0.3) is 11.1 Å². The molecule has 2 rings (SSSR count). The number of benzene rings is 2. The third-order valence-electron chi connectivity index (χ3n) is 7.55. The van der Waals surface area contributed by atoms with E-state index in [0.29, 0.717) is 55.8 Å². The number of hydrogen-bond donors (Lipinski definition) is 7. The van der Waals surface area contributed by atoms with Gasteiger partial charge in [-0.15, -0.1) is 0 Å². The normalized spacial score (nSPS) is 13.6. The van der Waals surface area contributed by atoms with Crippen molar-refractivity contribution in [2.75, 3.05) is 13.1 Å². The topological polar surface area (TPSA) is 206 Å². The zero-order valence-electron chi connectivity index (χ0n) is 27.4. The third-order valence-corrected chi connectivity index (χ3v) is 7.80. The van der Waals surface area contributed by atoms with Gasteiger partial charge in [0, 0.05) is 10.6 Å². The van der Waals surface area contributed by atoms with Crippen molar-refractivity contribution in [1.82, 2.24) is 21.3 Å². The Morgan fingerprint density at radius 3 is 1.62 bits per heavy atom. The number of aliphatic carboxylic acids is 1. The molecular formula is C34H49ClN6O6. The van der Waals surface area contributed by atoms with Crippen molar-refractivity contribution in [2.45, 2.75) is 89.9 Å². The van der Waals surface area contributed by atoms with Gasteiger partial charge >= 0.3 is 5.97 Å². The number of carboxylic acids is 1. The summed E-state index contributed by atoms with van der Waals surface area (Å²) in [6.07, 6.45) is 3.08. The molecule has 2 aromatic carbocycles. The van der Waals surface area contributed by atoms with Crippen molar-refractivity contribution in [1.29, 1.82) is 0 Å². The van der Waals surface area contributed by atoms with Crippen LogP contribution < -0.4 is 32.7 Å². The minimum atomic E-state index is -1.17. The molecule has 4 amide bonds. The molecule has 0 spiro atoms. The first-order valence-electron chi connectivity index (χ1n) is 16.1. The van der Waals surface area contributed by atoms with Crippen molar-refractivity contribution < 1.29 is 29.1 Å². The van der Waals surface area contributed by atoms with E-state index in [4.69, 9.17) is 23.1 Å². The lowest BCUT2D eigenvalue weighted by Crippen LogP contribution is -2.57. The average Bonchev–Trinajstić information content (AvgIpc) is 3.03. The summed E-state index contributed by atoms with van der Waals surface area (Å²) >= 11 is 5.99. The number of amides is 4. The minimum absolute atomic E-state index is 0.0236.